The predicted octanol–water partition coefficient (Wildman–Crippen LogP) is 2.89. The molecular formula is C19H18FN3O3S2. The van der Waals surface area contributed by atoms with Gasteiger partial charge in [0, 0.05) is 37.6 Å². The maximum atomic E-state index is 13.4. The lowest BCUT2D eigenvalue weighted by Gasteiger charge is -2.34. The molecule has 1 amide bonds. The molecule has 146 valence electrons. The summed E-state index contributed by atoms with van der Waals surface area (Å²) in [5, 5.41) is 2.42. The minimum absolute atomic E-state index is 0.190. The third-order valence-corrected chi connectivity index (χ3v) is 8.09. The van der Waals surface area contributed by atoms with E-state index in [1.54, 1.807) is 41.5 Å². The molecule has 3 heterocycles. The van der Waals surface area contributed by atoms with Crippen molar-refractivity contribution in [2.75, 3.05) is 26.2 Å². The molecule has 1 aliphatic heterocycles. The number of hydrogen-bond donors (Lipinski definition) is 0. The van der Waals surface area contributed by atoms with E-state index in [4.69, 9.17) is 0 Å². The molecule has 0 radical (unpaired) electrons. The van der Waals surface area contributed by atoms with Crippen molar-refractivity contribution in [3.8, 4) is 0 Å². The maximum Gasteiger partial charge on any atom is 0.255 e. The summed E-state index contributed by atoms with van der Waals surface area (Å²) in [6.45, 7) is 2.83. The number of pyridine rings is 1. The third-order valence-electron chi connectivity index (χ3n) is 4.82. The number of amides is 1. The summed E-state index contributed by atoms with van der Waals surface area (Å²) in [5.74, 6) is -0.564. The van der Waals surface area contributed by atoms with Gasteiger partial charge in [0.1, 0.15) is 10.0 Å². The van der Waals surface area contributed by atoms with Gasteiger partial charge in [0.05, 0.1) is 16.8 Å². The summed E-state index contributed by atoms with van der Waals surface area (Å²) in [7, 11) is -3.51. The van der Waals surface area contributed by atoms with Crippen molar-refractivity contribution < 1.29 is 17.6 Å². The van der Waals surface area contributed by atoms with Crippen LogP contribution in [0.5, 0.6) is 0 Å². The standard InChI is InChI=1S/C19H18FN3O3S2/c1-13-16(11-14-4-5-15(20)12-17(14)21-13)19(24)22-6-8-23(9-7-22)28(25,26)18-3-2-10-27-18/h2-5,10-12H,6-9H2,1H3. The molecule has 2 aromatic heterocycles. The molecule has 4 rings (SSSR count). The smallest absolute Gasteiger partial charge is 0.255 e. The Balaban J connectivity index is 1.52. The van der Waals surface area contributed by atoms with Crippen LogP contribution in [0.3, 0.4) is 0 Å². The fourth-order valence-electron chi connectivity index (χ4n) is 3.29. The van der Waals surface area contributed by atoms with Crippen LogP contribution < -0.4 is 0 Å². The van der Waals surface area contributed by atoms with E-state index in [-0.39, 0.29) is 24.8 Å². The summed E-state index contributed by atoms with van der Waals surface area (Å²) in [6.07, 6.45) is 0. The fourth-order valence-corrected chi connectivity index (χ4v) is 5.86. The highest BCUT2D eigenvalue weighted by Gasteiger charge is 2.31. The number of sulfonamides is 1. The molecule has 6 nitrogen and oxygen atoms in total. The molecule has 1 aromatic carbocycles. The first-order chi connectivity index (χ1) is 13.4. The average Bonchev–Trinajstić information content (AvgIpc) is 3.23. The average molecular weight is 420 g/mol. The predicted molar refractivity (Wildman–Crippen MR) is 105 cm³/mol. The van der Waals surface area contributed by atoms with Crippen molar-refractivity contribution in [3.05, 3.63) is 58.9 Å². The van der Waals surface area contributed by atoms with Gasteiger partial charge in [-0.2, -0.15) is 4.31 Å². The van der Waals surface area contributed by atoms with Gasteiger partial charge in [0.25, 0.3) is 15.9 Å². The number of hydrogen-bond acceptors (Lipinski definition) is 5. The van der Waals surface area contributed by atoms with Crippen LogP contribution >= 0.6 is 11.3 Å². The Bertz CT molecular complexity index is 1140. The summed E-state index contributed by atoms with van der Waals surface area (Å²) < 4.78 is 40.3. The highest BCUT2D eigenvalue weighted by atomic mass is 32.2. The lowest BCUT2D eigenvalue weighted by atomic mass is 10.1. The van der Waals surface area contributed by atoms with Crippen molar-refractivity contribution in [1.29, 1.82) is 0 Å². The number of thiophene rings is 1. The van der Waals surface area contributed by atoms with Crippen LogP contribution in [-0.4, -0.2) is 54.7 Å². The van der Waals surface area contributed by atoms with Gasteiger partial charge in [-0.25, -0.2) is 12.8 Å². The number of aryl methyl sites for hydroxylation is 1. The van der Waals surface area contributed by atoms with E-state index in [1.165, 1.54) is 27.8 Å². The molecule has 0 unspecified atom stereocenters. The second kappa shape index (κ2) is 7.23. The molecule has 1 fully saturated rings. The van der Waals surface area contributed by atoms with Gasteiger partial charge < -0.3 is 4.90 Å². The number of carbonyl (C=O) groups is 1. The molecular weight excluding hydrogens is 401 g/mol. The molecule has 0 spiro atoms. The second-order valence-corrected chi connectivity index (χ2v) is 9.70. The van der Waals surface area contributed by atoms with E-state index in [0.29, 0.717) is 39.5 Å². The number of rotatable bonds is 3. The summed E-state index contributed by atoms with van der Waals surface area (Å²) in [5.41, 5.74) is 1.48. The lowest BCUT2D eigenvalue weighted by molar-refractivity contribution is 0.0697. The van der Waals surface area contributed by atoms with Crippen molar-refractivity contribution in [3.63, 3.8) is 0 Å². The first-order valence-electron chi connectivity index (χ1n) is 8.76. The van der Waals surface area contributed by atoms with Crippen molar-refractivity contribution >= 4 is 38.2 Å². The molecule has 0 aliphatic carbocycles. The first-order valence-corrected chi connectivity index (χ1v) is 11.1. The number of piperazine rings is 1. The van der Waals surface area contributed by atoms with Gasteiger partial charge >= 0.3 is 0 Å². The van der Waals surface area contributed by atoms with Crippen LogP contribution in [0.2, 0.25) is 0 Å². The van der Waals surface area contributed by atoms with Gasteiger partial charge in [-0.15, -0.1) is 11.3 Å². The number of nitrogens with zero attached hydrogens (tertiary/aromatic N) is 3. The zero-order valence-electron chi connectivity index (χ0n) is 15.1. The van der Waals surface area contributed by atoms with Crippen LogP contribution in [0.25, 0.3) is 10.9 Å². The normalized spacial score (nSPS) is 15.9. The zero-order chi connectivity index (χ0) is 19.9. The highest BCUT2D eigenvalue weighted by molar-refractivity contribution is 7.91. The second-order valence-electron chi connectivity index (χ2n) is 6.59. The summed E-state index contributed by atoms with van der Waals surface area (Å²) in [4.78, 5) is 18.9. The highest BCUT2D eigenvalue weighted by Crippen LogP contribution is 2.23. The van der Waals surface area contributed by atoms with Gasteiger partial charge in [0.15, 0.2) is 0 Å². The Kier molecular flexibility index (Phi) is 4.90. The molecule has 1 saturated heterocycles. The first kappa shape index (κ1) is 19.0. The molecule has 0 N–H and O–H groups in total. The van der Waals surface area contributed by atoms with E-state index in [9.17, 15) is 17.6 Å². The van der Waals surface area contributed by atoms with Crippen molar-refractivity contribution in [2.45, 2.75) is 11.1 Å². The van der Waals surface area contributed by atoms with Crippen LogP contribution in [0, 0.1) is 12.7 Å². The quantitative estimate of drug-likeness (QED) is 0.655. The van der Waals surface area contributed by atoms with Gasteiger partial charge in [-0.1, -0.05) is 6.07 Å². The van der Waals surface area contributed by atoms with E-state index in [2.05, 4.69) is 4.98 Å². The van der Waals surface area contributed by atoms with E-state index < -0.39 is 10.0 Å². The topological polar surface area (TPSA) is 70.6 Å². The molecule has 1 aliphatic rings. The number of halogens is 1. The maximum absolute atomic E-state index is 13.4. The summed E-state index contributed by atoms with van der Waals surface area (Å²) >= 11 is 1.19. The van der Waals surface area contributed by atoms with Crippen LogP contribution in [0.15, 0.2) is 46.0 Å². The minimum atomic E-state index is -3.51. The lowest BCUT2D eigenvalue weighted by Crippen LogP contribution is -2.50. The van der Waals surface area contributed by atoms with Crippen LogP contribution in [0.4, 0.5) is 4.39 Å². The van der Waals surface area contributed by atoms with E-state index in [1.807, 2.05) is 0 Å². The van der Waals surface area contributed by atoms with E-state index >= 15 is 0 Å². The number of fused-ring (bicyclic) bond motifs is 1. The monoisotopic (exact) mass is 419 g/mol. The number of benzene rings is 1. The third kappa shape index (κ3) is 3.41. The Hall–Kier alpha value is -2.36. The number of carbonyl (C=O) groups excluding carboxylic acids is 1. The fraction of sp³-hybridized carbons (Fsp3) is 0.263. The van der Waals surface area contributed by atoms with Crippen LogP contribution in [0.1, 0.15) is 16.1 Å². The van der Waals surface area contributed by atoms with Gasteiger partial charge in [-0.05, 0) is 36.6 Å². The Morgan fingerprint density at radius 1 is 1.14 bits per heavy atom. The van der Waals surface area contributed by atoms with E-state index in [0.717, 1.165) is 0 Å². The van der Waals surface area contributed by atoms with Gasteiger partial charge in [0.2, 0.25) is 0 Å². The Labute approximate surface area is 166 Å². The summed E-state index contributed by atoms with van der Waals surface area (Å²) in [6, 6.07) is 9.28. The largest absolute Gasteiger partial charge is 0.336 e. The SMILES string of the molecule is Cc1nc2cc(F)ccc2cc1C(=O)N1CCN(S(=O)(=O)c2cccs2)CC1. The molecule has 0 saturated carbocycles. The molecule has 9 heteroatoms. The Morgan fingerprint density at radius 2 is 1.89 bits per heavy atom. The van der Waals surface area contributed by atoms with Crippen LogP contribution in [-0.2, 0) is 10.0 Å². The Morgan fingerprint density at radius 3 is 2.57 bits per heavy atom. The van der Waals surface area contributed by atoms with Gasteiger partial charge in [-0.3, -0.25) is 9.78 Å². The zero-order valence-corrected chi connectivity index (χ0v) is 16.8. The minimum Gasteiger partial charge on any atom is -0.336 e. The molecule has 28 heavy (non-hydrogen) atoms. The molecule has 0 atom stereocenters. The number of aromatic nitrogens is 1. The van der Waals surface area contributed by atoms with Crippen molar-refractivity contribution in [2.24, 2.45) is 0 Å². The van der Waals surface area contributed by atoms with Crippen molar-refractivity contribution in [1.82, 2.24) is 14.2 Å². The molecule has 3 aromatic rings. The molecule has 0 bridgehead atoms.